The van der Waals surface area contributed by atoms with Gasteiger partial charge < -0.3 is 4.74 Å². The van der Waals surface area contributed by atoms with E-state index in [2.05, 4.69) is 13.8 Å². The van der Waals surface area contributed by atoms with Crippen molar-refractivity contribution < 1.29 is 4.74 Å². The molecule has 0 fully saturated rings. The van der Waals surface area contributed by atoms with Crippen LogP contribution in [0.2, 0.25) is 0 Å². The Balaban J connectivity index is 2.89. The highest BCUT2D eigenvalue weighted by atomic mass is 16.5. The Morgan fingerprint density at radius 1 is 0.550 bits per heavy atom. The number of unbranched alkanes of at least 4 members (excludes halogenated alkanes) is 13. The van der Waals surface area contributed by atoms with Gasteiger partial charge in [0.05, 0.1) is 6.61 Å². The number of ether oxygens (including phenoxy) is 1. The third-order valence-corrected chi connectivity index (χ3v) is 3.91. The Morgan fingerprint density at radius 2 is 1.00 bits per heavy atom. The van der Waals surface area contributed by atoms with Gasteiger partial charge in [-0.1, -0.05) is 97.3 Å². The summed E-state index contributed by atoms with van der Waals surface area (Å²) in [5.41, 5.74) is 0. The average molecular weight is 284 g/mol. The highest BCUT2D eigenvalue weighted by molar-refractivity contribution is 4.53. The highest BCUT2D eigenvalue weighted by Crippen LogP contribution is 2.11. The third kappa shape index (κ3) is 18.0. The molecule has 1 heteroatoms. The van der Waals surface area contributed by atoms with Gasteiger partial charge in [0, 0.05) is 6.61 Å². The van der Waals surface area contributed by atoms with Gasteiger partial charge >= 0.3 is 0 Å². The quantitative estimate of drug-likeness (QED) is 0.260. The van der Waals surface area contributed by atoms with Crippen molar-refractivity contribution in [3.8, 4) is 0 Å². The first-order chi connectivity index (χ1) is 9.91. The van der Waals surface area contributed by atoms with Crippen molar-refractivity contribution in [2.75, 3.05) is 6.61 Å². The maximum atomic E-state index is 5.56. The summed E-state index contributed by atoms with van der Waals surface area (Å²) in [7, 11) is 0. The van der Waals surface area contributed by atoms with E-state index in [0.717, 1.165) is 13.0 Å². The molecular formula is C19H39O. The Hall–Kier alpha value is -0.0400. The third-order valence-electron chi connectivity index (χ3n) is 3.91. The molecule has 0 amide bonds. The minimum atomic E-state index is 0.932. The molecule has 1 nitrogen and oxygen atoms in total. The Bertz CT molecular complexity index is 138. The van der Waals surface area contributed by atoms with Crippen molar-refractivity contribution in [3.05, 3.63) is 6.61 Å². The number of hydrogen-bond acceptors (Lipinski definition) is 1. The molecule has 0 bridgehead atoms. The first kappa shape index (κ1) is 20.0. The summed E-state index contributed by atoms with van der Waals surface area (Å²) in [6.07, 6.45) is 20.4. The molecule has 0 aliphatic carbocycles. The van der Waals surface area contributed by atoms with Gasteiger partial charge in [0.1, 0.15) is 0 Å². The lowest BCUT2D eigenvalue weighted by Gasteiger charge is -2.04. The van der Waals surface area contributed by atoms with E-state index < -0.39 is 0 Å². The van der Waals surface area contributed by atoms with Crippen LogP contribution in [-0.2, 0) is 4.74 Å². The minimum Gasteiger partial charge on any atom is -0.376 e. The maximum Gasteiger partial charge on any atom is 0.0836 e. The highest BCUT2D eigenvalue weighted by Gasteiger charge is 1.94. The second-order valence-electron chi connectivity index (χ2n) is 6.07. The molecule has 0 saturated heterocycles. The lowest BCUT2D eigenvalue weighted by atomic mass is 10.1. The summed E-state index contributed by atoms with van der Waals surface area (Å²) in [6.45, 7) is 7.52. The van der Waals surface area contributed by atoms with E-state index in [9.17, 15) is 0 Å². The molecule has 0 aromatic heterocycles. The fraction of sp³-hybridized carbons (Fsp3) is 0.947. The second kappa shape index (κ2) is 19.0. The monoisotopic (exact) mass is 283 g/mol. The summed E-state index contributed by atoms with van der Waals surface area (Å²) in [4.78, 5) is 0. The van der Waals surface area contributed by atoms with Crippen LogP contribution in [0.25, 0.3) is 0 Å². The largest absolute Gasteiger partial charge is 0.376 e. The van der Waals surface area contributed by atoms with E-state index in [4.69, 9.17) is 4.74 Å². The molecule has 0 atom stereocenters. The molecule has 0 spiro atoms. The SMILES string of the molecule is CCCCCCCCCCC[CH]OCCCCCCC. The molecule has 0 saturated carbocycles. The normalized spacial score (nSPS) is 11.1. The van der Waals surface area contributed by atoms with Crippen LogP contribution in [0.3, 0.4) is 0 Å². The van der Waals surface area contributed by atoms with Crippen LogP contribution in [0, 0.1) is 6.61 Å². The van der Waals surface area contributed by atoms with Gasteiger partial charge in [-0.15, -0.1) is 0 Å². The molecule has 0 heterocycles. The summed E-state index contributed by atoms with van der Waals surface area (Å²) in [5, 5.41) is 0. The molecule has 0 aromatic rings. The Morgan fingerprint density at radius 3 is 1.55 bits per heavy atom. The molecule has 1 radical (unpaired) electrons. The van der Waals surface area contributed by atoms with Crippen LogP contribution >= 0.6 is 0 Å². The van der Waals surface area contributed by atoms with Gasteiger partial charge in [-0.05, 0) is 12.8 Å². The zero-order valence-electron chi connectivity index (χ0n) is 14.3. The molecule has 0 rings (SSSR count). The lowest BCUT2D eigenvalue weighted by Crippen LogP contribution is -1.92. The van der Waals surface area contributed by atoms with Gasteiger partial charge in [-0.2, -0.15) is 0 Å². The Kier molecular flexibility index (Phi) is 18.9. The van der Waals surface area contributed by atoms with Crippen molar-refractivity contribution in [1.29, 1.82) is 0 Å². The summed E-state index contributed by atoms with van der Waals surface area (Å²) in [6, 6.07) is 0. The predicted octanol–water partition coefficient (Wildman–Crippen LogP) is 7.06. The number of rotatable bonds is 17. The van der Waals surface area contributed by atoms with Crippen LogP contribution in [0.5, 0.6) is 0 Å². The molecule has 0 aromatic carbocycles. The van der Waals surface area contributed by atoms with Gasteiger partial charge in [-0.3, -0.25) is 0 Å². The van der Waals surface area contributed by atoms with E-state index in [-0.39, 0.29) is 0 Å². The molecule has 20 heavy (non-hydrogen) atoms. The van der Waals surface area contributed by atoms with Gasteiger partial charge in [0.2, 0.25) is 0 Å². The van der Waals surface area contributed by atoms with Crippen LogP contribution < -0.4 is 0 Å². The molecule has 0 unspecified atom stereocenters. The van der Waals surface area contributed by atoms with E-state index >= 15 is 0 Å². The standard InChI is InChI=1S/C19H39O/c1-3-5-7-9-10-11-12-13-15-17-19-20-18-16-14-8-6-4-2/h19H,3-18H2,1-2H3. The van der Waals surface area contributed by atoms with E-state index in [1.807, 2.05) is 6.61 Å². The second-order valence-corrected chi connectivity index (χ2v) is 6.07. The van der Waals surface area contributed by atoms with Gasteiger partial charge in [0.25, 0.3) is 0 Å². The van der Waals surface area contributed by atoms with Crippen LogP contribution in [0.4, 0.5) is 0 Å². The molecule has 0 N–H and O–H groups in total. The van der Waals surface area contributed by atoms with Crippen molar-refractivity contribution >= 4 is 0 Å². The van der Waals surface area contributed by atoms with Crippen molar-refractivity contribution in [2.45, 2.75) is 110 Å². The van der Waals surface area contributed by atoms with Crippen LogP contribution in [-0.4, -0.2) is 6.61 Å². The van der Waals surface area contributed by atoms with Gasteiger partial charge in [0.15, 0.2) is 0 Å². The predicted molar refractivity (Wildman–Crippen MR) is 90.9 cm³/mol. The van der Waals surface area contributed by atoms with E-state index in [0.29, 0.717) is 0 Å². The lowest BCUT2D eigenvalue weighted by molar-refractivity contribution is 0.183. The first-order valence-electron chi connectivity index (χ1n) is 9.35. The zero-order chi connectivity index (χ0) is 14.7. The summed E-state index contributed by atoms with van der Waals surface area (Å²) >= 11 is 0. The zero-order valence-corrected chi connectivity index (χ0v) is 14.3. The smallest absolute Gasteiger partial charge is 0.0836 e. The minimum absolute atomic E-state index is 0.932. The average Bonchev–Trinajstić information content (AvgIpc) is 2.47. The molecule has 121 valence electrons. The Labute approximate surface area is 128 Å². The van der Waals surface area contributed by atoms with Crippen molar-refractivity contribution in [3.63, 3.8) is 0 Å². The fourth-order valence-corrected chi connectivity index (χ4v) is 2.49. The van der Waals surface area contributed by atoms with E-state index in [1.54, 1.807) is 0 Å². The van der Waals surface area contributed by atoms with Gasteiger partial charge in [-0.25, -0.2) is 0 Å². The van der Waals surface area contributed by atoms with Crippen LogP contribution in [0.1, 0.15) is 110 Å². The topological polar surface area (TPSA) is 9.23 Å². The number of hydrogen-bond donors (Lipinski definition) is 0. The summed E-state index contributed by atoms with van der Waals surface area (Å²) < 4.78 is 5.56. The maximum absolute atomic E-state index is 5.56. The summed E-state index contributed by atoms with van der Waals surface area (Å²) in [5.74, 6) is 0. The van der Waals surface area contributed by atoms with Crippen LogP contribution in [0.15, 0.2) is 0 Å². The molecule has 0 aliphatic heterocycles. The molecule has 0 aliphatic rings. The molecular weight excluding hydrogens is 244 g/mol. The van der Waals surface area contributed by atoms with Crippen molar-refractivity contribution in [2.24, 2.45) is 0 Å². The van der Waals surface area contributed by atoms with Crippen molar-refractivity contribution in [1.82, 2.24) is 0 Å². The first-order valence-corrected chi connectivity index (χ1v) is 9.35. The van der Waals surface area contributed by atoms with E-state index in [1.165, 1.54) is 89.9 Å². The fourth-order valence-electron chi connectivity index (χ4n) is 2.49.